The molecule has 0 saturated carbocycles. The Bertz CT molecular complexity index is 1150. The van der Waals surface area contributed by atoms with Crippen molar-refractivity contribution in [1.29, 1.82) is 0 Å². The first kappa shape index (κ1) is 21.0. The van der Waals surface area contributed by atoms with E-state index in [1.54, 1.807) is 36.4 Å². The summed E-state index contributed by atoms with van der Waals surface area (Å²) < 4.78 is 28.9. The molecule has 1 heterocycles. The molecule has 2 aromatic carbocycles. The third-order valence-electron chi connectivity index (χ3n) is 3.69. The van der Waals surface area contributed by atoms with Gasteiger partial charge in [0.2, 0.25) is 17.2 Å². The number of anilines is 4. The normalized spacial score (nSPS) is 11.1. The van der Waals surface area contributed by atoms with Crippen LogP contribution in [0.4, 0.5) is 23.3 Å². The Morgan fingerprint density at radius 1 is 0.966 bits per heavy atom. The summed E-state index contributed by atoms with van der Waals surface area (Å²) in [6, 6.07) is 11.5. The predicted octanol–water partition coefficient (Wildman–Crippen LogP) is 4.64. The van der Waals surface area contributed by atoms with E-state index in [0.29, 0.717) is 22.0 Å². The minimum absolute atomic E-state index is 0.0420. The lowest BCUT2D eigenvalue weighted by atomic mass is 10.2. The van der Waals surface area contributed by atoms with Crippen LogP contribution in [0.25, 0.3) is 6.08 Å². The van der Waals surface area contributed by atoms with Crippen molar-refractivity contribution in [3.63, 3.8) is 0 Å². The molecule has 0 aliphatic heterocycles. The van der Waals surface area contributed by atoms with Crippen molar-refractivity contribution in [2.24, 2.45) is 0 Å². The summed E-state index contributed by atoms with van der Waals surface area (Å²) in [4.78, 5) is 12.2. The monoisotopic (exact) mass is 451 g/mol. The van der Waals surface area contributed by atoms with Crippen molar-refractivity contribution in [3.8, 4) is 0 Å². The van der Waals surface area contributed by atoms with Crippen molar-refractivity contribution in [3.05, 3.63) is 64.9 Å². The average molecular weight is 452 g/mol. The quantitative estimate of drug-likeness (QED) is 0.500. The van der Waals surface area contributed by atoms with Gasteiger partial charge in [0.25, 0.3) is 10.1 Å². The van der Waals surface area contributed by atoms with E-state index in [-0.39, 0.29) is 22.1 Å². The Kier molecular flexibility index (Phi) is 6.33. The number of hydrogen-bond acceptors (Lipinski definition) is 8. The van der Waals surface area contributed by atoms with Crippen LogP contribution in [0.1, 0.15) is 5.56 Å². The number of nitrogens with zero attached hydrogens (tertiary/aromatic N) is 3. The molecule has 0 bridgehead atoms. The van der Waals surface area contributed by atoms with Crippen LogP contribution in [0.2, 0.25) is 10.3 Å². The van der Waals surface area contributed by atoms with E-state index in [0.717, 1.165) is 7.11 Å². The number of rotatable bonds is 7. The van der Waals surface area contributed by atoms with Gasteiger partial charge in [-0.1, -0.05) is 30.3 Å². The third kappa shape index (κ3) is 5.21. The van der Waals surface area contributed by atoms with Gasteiger partial charge in [-0.25, -0.2) is 0 Å². The molecule has 1 aromatic heterocycles. The Morgan fingerprint density at radius 3 is 2.14 bits per heavy atom. The van der Waals surface area contributed by atoms with Crippen LogP contribution < -0.4 is 10.6 Å². The fraction of sp³-hybridized carbons (Fsp3) is 0.0556. The minimum atomic E-state index is -3.93. The zero-order chi connectivity index (χ0) is 21.0. The van der Waals surface area contributed by atoms with E-state index in [2.05, 4.69) is 36.3 Å². The molecule has 8 nitrogen and oxygen atoms in total. The molecule has 3 aromatic rings. The summed E-state index contributed by atoms with van der Waals surface area (Å²) in [5.41, 5.74) is 1.51. The van der Waals surface area contributed by atoms with E-state index >= 15 is 0 Å². The molecule has 0 aliphatic rings. The topological polar surface area (TPSA) is 106 Å². The third-order valence-corrected chi connectivity index (χ3v) is 5.44. The van der Waals surface area contributed by atoms with E-state index in [9.17, 15) is 8.42 Å². The molecule has 2 N–H and O–H groups in total. The zero-order valence-electron chi connectivity index (χ0n) is 15.1. The summed E-state index contributed by atoms with van der Waals surface area (Å²) in [5, 5.41) is 6.44. The second kappa shape index (κ2) is 8.75. The molecule has 0 saturated heterocycles. The second-order valence-corrected chi connectivity index (χ2v) is 8.04. The van der Waals surface area contributed by atoms with Crippen LogP contribution in [0, 0.1) is 0 Å². The van der Waals surface area contributed by atoms with Gasteiger partial charge in [0.15, 0.2) is 0 Å². The molecule has 0 spiro atoms. The first-order chi connectivity index (χ1) is 13.8. The zero-order valence-corrected chi connectivity index (χ0v) is 17.4. The lowest BCUT2D eigenvalue weighted by Gasteiger charge is -2.11. The van der Waals surface area contributed by atoms with Gasteiger partial charge in [-0.3, -0.25) is 4.18 Å². The number of hydrogen-bond donors (Lipinski definition) is 2. The molecule has 0 fully saturated rings. The molecule has 150 valence electrons. The smallest absolute Gasteiger partial charge is 0.297 e. The number of nitrogens with one attached hydrogen (secondary N) is 2. The molecular weight excluding hydrogens is 437 g/mol. The molecule has 0 unspecified atom stereocenters. The predicted molar refractivity (Wildman–Crippen MR) is 114 cm³/mol. The summed E-state index contributed by atoms with van der Waals surface area (Å²) in [6.45, 7) is 3.61. The van der Waals surface area contributed by atoms with Crippen molar-refractivity contribution < 1.29 is 12.6 Å². The Morgan fingerprint density at radius 2 is 1.55 bits per heavy atom. The molecule has 0 aliphatic carbocycles. The van der Waals surface area contributed by atoms with Gasteiger partial charge in [-0.15, -0.1) is 0 Å². The standard InChI is InChI=1S/C18H15Cl2N5O3S/c1-3-11-4-7-14(10-15(11)29(26,27)28-2)22-18-24-16(20)23-17(25-18)21-13-8-5-12(19)6-9-13/h3-10H,1H2,2H3,(H2,21,22,23,24,25). The molecule has 0 atom stereocenters. The van der Waals surface area contributed by atoms with Crippen molar-refractivity contribution >= 4 is 62.7 Å². The number of benzene rings is 2. The van der Waals surface area contributed by atoms with Crippen LogP contribution in [-0.4, -0.2) is 30.5 Å². The Balaban J connectivity index is 1.90. The van der Waals surface area contributed by atoms with Gasteiger partial charge in [-0.05, 0) is 53.6 Å². The maximum Gasteiger partial charge on any atom is 0.297 e. The van der Waals surface area contributed by atoms with Crippen LogP contribution in [-0.2, 0) is 14.3 Å². The van der Waals surface area contributed by atoms with Gasteiger partial charge < -0.3 is 10.6 Å². The summed E-state index contributed by atoms with van der Waals surface area (Å²) in [7, 11) is -2.84. The second-order valence-electron chi connectivity index (χ2n) is 5.59. The molecule has 29 heavy (non-hydrogen) atoms. The molecule has 0 amide bonds. The molecular formula is C18H15Cl2N5O3S. The molecule has 11 heteroatoms. The van der Waals surface area contributed by atoms with E-state index in [4.69, 9.17) is 23.2 Å². The minimum Gasteiger partial charge on any atom is -0.324 e. The highest BCUT2D eigenvalue weighted by Gasteiger charge is 2.18. The van der Waals surface area contributed by atoms with Crippen molar-refractivity contribution in [1.82, 2.24) is 15.0 Å². The largest absolute Gasteiger partial charge is 0.324 e. The molecule has 3 rings (SSSR count). The van der Waals surface area contributed by atoms with Crippen LogP contribution in [0.3, 0.4) is 0 Å². The Hall–Kier alpha value is -2.72. The van der Waals surface area contributed by atoms with Gasteiger partial charge in [-0.2, -0.15) is 23.4 Å². The van der Waals surface area contributed by atoms with E-state index in [1.165, 1.54) is 12.1 Å². The first-order valence-corrected chi connectivity index (χ1v) is 10.3. The van der Waals surface area contributed by atoms with E-state index < -0.39 is 10.1 Å². The highest BCUT2D eigenvalue weighted by molar-refractivity contribution is 7.86. The van der Waals surface area contributed by atoms with Gasteiger partial charge in [0.05, 0.1) is 7.11 Å². The maximum atomic E-state index is 12.1. The summed E-state index contributed by atoms with van der Waals surface area (Å²) in [6.07, 6.45) is 1.42. The van der Waals surface area contributed by atoms with Gasteiger partial charge >= 0.3 is 0 Å². The van der Waals surface area contributed by atoms with E-state index in [1.807, 2.05) is 0 Å². The number of halogens is 2. The fourth-order valence-corrected chi connectivity index (χ4v) is 3.52. The highest BCUT2D eigenvalue weighted by Crippen LogP contribution is 2.25. The van der Waals surface area contributed by atoms with Crippen molar-refractivity contribution in [2.75, 3.05) is 17.7 Å². The van der Waals surface area contributed by atoms with Crippen molar-refractivity contribution in [2.45, 2.75) is 4.90 Å². The summed E-state index contributed by atoms with van der Waals surface area (Å²) >= 11 is 11.9. The van der Waals surface area contributed by atoms with Gasteiger partial charge in [0.1, 0.15) is 4.90 Å². The van der Waals surface area contributed by atoms with Crippen LogP contribution >= 0.6 is 23.2 Å². The Labute approximate surface area is 177 Å². The highest BCUT2D eigenvalue weighted by atomic mass is 35.5. The number of aromatic nitrogens is 3. The molecule has 0 radical (unpaired) electrons. The lowest BCUT2D eigenvalue weighted by molar-refractivity contribution is 0.397. The fourth-order valence-electron chi connectivity index (χ4n) is 2.34. The first-order valence-electron chi connectivity index (χ1n) is 8.09. The summed E-state index contributed by atoms with van der Waals surface area (Å²) in [5.74, 6) is 0.316. The lowest BCUT2D eigenvalue weighted by Crippen LogP contribution is -2.07. The average Bonchev–Trinajstić information content (AvgIpc) is 2.69. The van der Waals surface area contributed by atoms with Gasteiger partial charge in [0, 0.05) is 16.4 Å². The van der Waals surface area contributed by atoms with Crippen LogP contribution in [0.15, 0.2) is 53.9 Å². The SMILES string of the molecule is C=Cc1ccc(Nc2nc(Cl)nc(Nc3ccc(Cl)cc3)n2)cc1S(=O)(=O)OC. The van der Waals surface area contributed by atoms with Crippen LogP contribution in [0.5, 0.6) is 0 Å². The maximum absolute atomic E-state index is 12.1.